The van der Waals surface area contributed by atoms with Gasteiger partial charge in [0.05, 0.1) is 30.3 Å². The van der Waals surface area contributed by atoms with Crippen molar-refractivity contribution >= 4 is 16.9 Å². The molecule has 3 rings (SSSR count). The summed E-state index contributed by atoms with van der Waals surface area (Å²) in [6, 6.07) is 5.79. The number of aromatic nitrogens is 1. The molecule has 26 heavy (non-hydrogen) atoms. The van der Waals surface area contributed by atoms with E-state index in [1.54, 1.807) is 25.1 Å². The normalized spacial score (nSPS) is 20.3. The lowest BCUT2D eigenvalue weighted by Gasteiger charge is -2.32. The number of aryl methyl sites for hydroxylation is 1. The molecule has 0 bridgehead atoms. The van der Waals surface area contributed by atoms with Gasteiger partial charge in [0.1, 0.15) is 6.54 Å². The van der Waals surface area contributed by atoms with Crippen molar-refractivity contribution in [1.29, 1.82) is 0 Å². The first kappa shape index (κ1) is 18.6. The molecule has 1 fully saturated rings. The second-order valence-corrected chi connectivity index (χ2v) is 7.22. The number of hydrogen-bond acceptors (Lipinski definition) is 3. The second-order valence-electron chi connectivity index (χ2n) is 7.22. The van der Waals surface area contributed by atoms with Crippen molar-refractivity contribution in [3.05, 3.63) is 45.2 Å². The highest BCUT2D eigenvalue weighted by Crippen LogP contribution is 2.15. The van der Waals surface area contributed by atoms with Crippen LogP contribution in [0.3, 0.4) is 0 Å². The molecule has 0 radical (unpaired) electrons. The second kappa shape index (κ2) is 8.04. The van der Waals surface area contributed by atoms with E-state index < -0.39 is 0 Å². The highest BCUT2D eigenvalue weighted by molar-refractivity contribution is 5.94. The lowest BCUT2D eigenvalue weighted by atomic mass is 9.98. The van der Waals surface area contributed by atoms with Crippen molar-refractivity contribution in [2.45, 2.75) is 59.0 Å². The number of benzene rings is 1. The molecule has 1 saturated heterocycles. The molecule has 0 saturated carbocycles. The van der Waals surface area contributed by atoms with Gasteiger partial charge in [-0.3, -0.25) is 4.79 Å². The van der Waals surface area contributed by atoms with Gasteiger partial charge in [0.15, 0.2) is 5.43 Å². The molecule has 1 aromatic heterocycles. The molecule has 1 aliphatic rings. The summed E-state index contributed by atoms with van der Waals surface area (Å²) in [5.41, 5.74) is 3.00. The fourth-order valence-electron chi connectivity index (χ4n) is 4.11. The van der Waals surface area contributed by atoms with Crippen molar-refractivity contribution in [2.24, 2.45) is 0 Å². The number of nitrogens with one attached hydrogen (secondary N) is 2. The summed E-state index contributed by atoms with van der Waals surface area (Å²) in [4.78, 5) is 30.0. The predicted molar refractivity (Wildman–Crippen MR) is 103 cm³/mol. The van der Waals surface area contributed by atoms with E-state index in [1.807, 2.05) is 6.92 Å². The number of aromatic amines is 1. The van der Waals surface area contributed by atoms with Crippen molar-refractivity contribution in [1.82, 2.24) is 4.98 Å². The number of carbonyl (C=O) groups excluding carboxylic acids is 1. The van der Waals surface area contributed by atoms with Gasteiger partial charge in [0.2, 0.25) is 0 Å². The summed E-state index contributed by atoms with van der Waals surface area (Å²) >= 11 is 0. The average molecular weight is 357 g/mol. The molecule has 5 heteroatoms. The molecular formula is C21H29N2O3+. The molecule has 2 aromatic rings. The number of likely N-dealkylation sites (tertiary alicyclic amines) is 1. The van der Waals surface area contributed by atoms with Crippen LogP contribution in [0.4, 0.5) is 0 Å². The SMILES string of the molecule is CCOC(=O)c1ccc2[nH]c(C)c(C[NH+]3CCCC[C@@H]3CC)c(=O)c2c1. The molecular weight excluding hydrogens is 328 g/mol. The van der Waals surface area contributed by atoms with E-state index in [-0.39, 0.29) is 11.4 Å². The number of ether oxygens (including phenoxy) is 1. The first-order chi connectivity index (χ1) is 12.5. The number of piperidine rings is 1. The maximum absolute atomic E-state index is 13.2. The van der Waals surface area contributed by atoms with E-state index in [4.69, 9.17) is 4.74 Å². The van der Waals surface area contributed by atoms with Gasteiger partial charge >= 0.3 is 5.97 Å². The van der Waals surface area contributed by atoms with Crippen LogP contribution in [0.2, 0.25) is 0 Å². The lowest BCUT2D eigenvalue weighted by molar-refractivity contribution is -0.944. The van der Waals surface area contributed by atoms with Crippen molar-refractivity contribution < 1.29 is 14.4 Å². The molecule has 2 N–H and O–H groups in total. The minimum Gasteiger partial charge on any atom is -0.462 e. The van der Waals surface area contributed by atoms with E-state index in [0.29, 0.717) is 23.6 Å². The molecule has 0 aliphatic carbocycles. The first-order valence-electron chi connectivity index (χ1n) is 9.72. The Kier molecular flexibility index (Phi) is 5.77. The van der Waals surface area contributed by atoms with Crippen molar-refractivity contribution in [3.63, 3.8) is 0 Å². The van der Waals surface area contributed by atoms with Gasteiger partial charge in [-0.05, 0) is 57.7 Å². The smallest absolute Gasteiger partial charge is 0.338 e. The van der Waals surface area contributed by atoms with Crippen LogP contribution in [0, 0.1) is 6.92 Å². The molecule has 0 amide bonds. The van der Waals surface area contributed by atoms with Crippen LogP contribution in [0.25, 0.3) is 10.9 Å². The Balaban J connectivity index is 1.99. The van der Waals surface area contributed by atoms with E-state index in [2.05, 4.69) is 11.9 Å². The van der Waals surface area contributed by atoms with Gasteiger partial charge in [0, 0.05) is 16.6 Å². The lowest BCUT2D eigenvalue weighted by Crippen LogP contribution is -3.15. The largest absolute Gasteiger partial charge is 0.462 e. The van der Waals surface area contributed by atoms with Crippen LogP contribution in [-0.2, 0) is 11.3 Å². The molecule has 5 nitrogen and oxygen atoms in total. The zero-order valence-corrected chi connectivity index (χ0v) is 16.0. The zero-order valence-electron chi connectivity index (χ0n) is 16.0. The van der Waals surface area contributed by atoms with E-state index >= 15 is 0 Å². The number of H-pyrrole nitrogens is 1. The number of hydrogen-bond donors (Lipinski definition) is 2. The fourth-order valence-corrected chi connectivity index (χ4v) is 4.11. The Hall–Kier alpha value is -2.14. The number of carbonyl (C=O) groups is 1. The summed E-state index contributed by atoms with van der Waals surface area (Å²) in [6.45, 7) is 8.18. The summed E-state index contributed by atoms with van der Waals surface area (Å²) in [5, 5.41) is 0.570. The van der Waals surface area contributed by atoms with Gasteiger partial charge in [-0.2, -0.15) is 0 Å². The summed E-state index contributed by atoms with van der Waals surface area (Å²) in [6.07, 6.45) is 4.90. The van der Waals surface area contributed by atoms with Crippen molar-refractivity contribution in [2.75, 3.05) is 13.2 Å². The highest BCUT2D eigenvalue weighted by Gasteiger charge is 2.26. The molecule has 1 unspecified atom stereocenters. The fraction of sp³-hybridized carbons (Fsp3) is 0.524. The molecule has 0 spiro atoms. The maximum Gasteiger partial charge on any atom is 0.338 e. The Morgan fingerprint density at radius 2 is 2.12 bits per heavy atom. The zero-order chi connectivity index (χ0) is 18.7. The van der Waals surface area contributed by atoms with E-state index in [1.165, 1.54) is 24.2 Å². The summed E-state index contributed by atoms with van der Waals surface area (Å²) < 4.78 is 5.07. The molecule has 1 aromatic carbocycles. The van der Waals surface area contributed by atoms with Crippen LogP contribution in [0.15, 0.2) is 23.0 Å². The number of esters is 1. The van der Waals surface area contributed by atoms with Gasteiger partial charge in [-0.25, -0.2) is 4.79 Å². The number of fused-ring (bicyclic) bond motifs is 1. The first-order valence-corrected chi connectivity index (χ1v) is 9.72. The summed E-state index contributed by atoms with van der Waals surface area (Å²) in [5.74, 6) is -0.386. The van der Waals surface area contributed by atoms with Crippen LogP contribution >= 0.6 is 0 Å². The Morgan fingerprint density at radius 1 is 1.31 bits per heavy atom. The molecule has 1 aliphatic heterocycles. The third kappa shape index (κ3) is 3.68. The topological polar surface area (TPSA) is 63.6 Å². The number of quaternary nitrogens is 1. The van der Waals surface area contributed by atoms with Gasteiger partial charge in [-0.15, -0.1) is 0 Å². The quantitative estimate of drug-likeness (QED) is 0.808. The van der Waals surface area contributed by atoms with Crippen LogP contribution in [0.1, 0.15) is 61.1 Å². The Morgan fingerprint density at radius 3 is 2.85 bits per heavy atom. The summed E-state index contributed by atoms with van der Waals surface area (Å²) in [7, 11) is 0. The Labute approximate surface area is 154 Å². The van der Waals surface area contributed by atoms with Gasteiger partial charge in [-0.1, -0.05) is 6.92 Å². The third-order valence-electron chi connectivity index (χ3n) is 5.60. The standard InChI is InChI=1S/C21H28N2O3/c1-4-16-8-6-7-11-23(16)13-18-14(3)22-19-10-9-15(21(25)26-5-2)12-17(19)20(18)24/h9-10,12,16H,4-8,11,13H2,1-3H3,(H,22,24)/p+1/t16-/m0/s1. The van der Waals surface area contributed by atoms with Gasteiger partial charge in [0.25, 0.3) is 0 Å². The molecule has 140 valence electrons. The van der Waals surface area contributed by atoms with E-state index in [9.17, 15) is 9.59 Å². The maximum atomic E-state index is 13.2. The van der Waals surface area contributed by atoms with Crippen LogP contribution < -0.4 is 10.3 Å². The average Bonchev–Trinajstić information content (AvgIpc) is 2.65. The van der Waals surface area contributed by atoms with Gasteiger partial charge < -0.3 is 14.6 Å². The van der Waals surface area contributed by atoms with Crippen molar-refractivity contribution in [3.8, 4) is 0 Å². The van der Waals surface area contributed by atoms with Crippen LogP contribution in [0.5, 0.6) is 0 Å². The highest BCUT2D eigenvalue weighted by atomic mass is 16.5. The predicted octanol–water partition coefficient (Wildman–Crippen LogP) is 2.36. The number of pyridine rings is 1. The molecule has 2 heterocycles. The Bertz CT molecular complexity index is 856. The third-order valence-corrected chi connectivity index (χ3v) is 5.60. The minimum absolute atomic E-state index is 0.0373. The van der Waals surface area contributed by atoms with E-state index in [0.717, 1.165) is 36.3 Å². The van der Waals surface area contributed by atoms with Crippen LogP contribution in [-0.4, -0.2) is 30.1 Å². The minimum atomic E-state index is -0.386. The number of rotatable bonds is 5. The monoisotopic (exact) mass is 357 g/mol. The molecule has 2 atom stereocenters.